The molecule has 0 saturated heterocycles. The molecule has 0 aliphatic heterocycles. The Morgan fingerprint density at radius 2 is 2.14 bits per heavy atom. The summed E-state index contributed by atoms with van der Waals surface area (Å²) in [5, 5.41) is 1.16. The second-order valence-electron chi connectivity index (χ2n) is 3.36. The molecule has 1 heteroatoms. The summed E-state index contributed by atoms with van der Waals surface area (Å²) in [4.78, 5) is 4.43. The van der Waals surface area contributed by atoms with Gasteiger partial charge >= 0.3 is 0 Å². The second kappa shape index (κ2) is 3.51. The third-order valence-electron chi connectivity index (χ3n) is 2.20. The number of nitrogens with zero attached hydrogens (tertiary/aromatic N) is 1. The summed E-state index contributed by atoms with van der Waals surface area (Å²) in [6.45, 7) is 1.99. The van der Waals surface area contributed by atoms with Crippen molar-refractivity contribution in [3.63, 3.8) is 0 Å². The lowest BCUT2D eigenvalue weighted by molar-refractivity contribution is 1.25. The van der Waals surface area contributed by atoms with Crippen molar-refractivity contribution in [1.29, 1.82) is 0 Å². The number of hydrogen-bond donors (Lipinski definition) is 0. The van der Waals surface area contributed by atoms with Crippen LogP contribution < -0.4 is 0 Å². The maximum atomic E-state index is 5.26. The largest absolute Gasteiger partial charge is 0.253 e. The third kappa shape index (κ3) is 1.60. The molecule has 0 bridgehead atoms. The summed E-state index contributed by atoms with van der Waals surface area (Å²) >= 11 is 0. The number of hydrogen-bond acceptors (Lipinski definition) is 1. The molecule has 2 aromatic rings. The number of pyridine rings is 1. The van der Waals surface area contributed by atoms with E-state index < -0.39 is 0 Å². The Morgan fingerprint density at radius 3 is 2.93 bits per heavy atom. The maximum Gasteiger partial charge on any atom is 0.0705 e. The SMILES string of the molecule is C#CCc1ccc2nc(C)ccc2c1. The zero-order valence-corrected chi connectivity index (χ0v) is 8.12. The minimum atomic E-state index is 0.684. The maximum absolute atomic E-state index is 5.26. The van der Waals surface area contributed by atoms with Gasteiger partial charge in [0.15, 0.2) is 0 Å². The van der Waals surface area contributed by atoms with Gasteiger partial charge in [0.05, 0.1) is 5.52 Å². The predicted octanol–water partition coefficient (Wildman–Crippen LogP) is 2.72. The first-order valence-electron chi connectivity index (χ1n) is 4.59. The Morgan fingerprint density at radius 1 is 1.29 bits per heavy atom. The molecule has 14 heavy (non-hydrogen) atoms. The van der Waals surface area contributed by atoms with Crippen LogP contribution in [0.3, 0.4) is 0 Å². The molecule has 0 unspecified atom stereocenters. The third-order valence-corrected chi connectivity index (χ3v) is 2.20. The summed E-state index contributed by atoms with van der Waals surface area (Å²) in [6.07, 6.45) is 5.95. The van der Waals surface area contributed by atoms with E-state index in [1.54, 1.807) is 0 Å². The fourth-order valence-electron chi connectivity index (χ4n) is 1.50. The molecule has 2 rings (SSSR count). The highest BCUT2D eigenvalue weighted by molar-refractivity contribution is 5.79. The van der Waals surface area contributed by atoms with Crippen LogP contribution in [0.5, 0.6) is 0 Å². The summed E-state index contributed by atoms with van der Waals surface area (Å²) in [6, 6.07) is 10.3. The monoisotopic (exact) mass is 181 g/mol. The lowest BCUT2D eigenvalue weighted by Gasteiger charge is -2.00. The molecule has 0 atom stereocenters. The molecular formula is C13H11N. The van der Waals surface area contributed by atoms with E-state index in [1.807, 2.05) is 25.1 Å². The summed E-state index contributed by atoms with van der Waals surface area (Å²) in [5.41, 5.74) is 3.25. The predicted molar refractivity (Wildman–Crippen MR) is 59.0 cm³/mol. The number of aromatic nitrogens is 1. The molecule has 1 aromatic carbocycles. The van der Waals surface area contributed by atoms with E-state index in [9.17, 15) is 0 Å². The molecule has 0 saturated carbocycles. The molecule has 0 N–H and O–H groups in total. The first kappa shape index (κ1) is 8.77. The van der Waals surface area contributed by atoms with Gasteiger partial charge in [-0.25, -0.2) is 0 Å². The van der Waals surface area contributed by atoms with Gasteiger partial charge in [-0.05, 0) is 30.7 Å². The first-order chi connectivity index (χ1) is 6.79. The second-order valence-corrected chi connectivity index (χ2v) is 3.36. The normalized spacial score (nSPS) is 10.0. The van der Waals surface area contributed by atoms with Gasteiger partial charge in [0.1, 0.15) is 0 Å². The van der Waals surface area contributed by atoms with Gasteiger partial charge in [-0.1, -0.05) is 12.1 Å². The minimum absolute atomic E-state index is 0.684. The van der Waals surface area contributed by atoms with Gasteiger partial charge in [0, 0.05) is 17.5 Å². The van der Waals surface area contributed by atoms with Crippen molar-refractivity contribution in [2.24, 2.45) is 0 Å². The topological polar surface area (TPSA) is 12.9 Å². The van der Waals surface area contributed by atoms with Crippen LogP contribution in [0, 0.1) is 19.3 Å². The van der Waals surface area contributed by atoms with Crippen LogP contribution in [0.25, 0.3) is 10.9 Å². The smallest absolute Gasteiger partial charge is 0.0705 e. The molecule has 0 aliphatic rings. The Hall–Kier alpha value is -1.81. The van der Waals surface area contributed by atoms with E-state index in [0.29, 0.717) is 6.42 Å². The van der Waals surface area contributed by atoms with Crippen LogP contribution in [0.15, 0.2) is 30.3 Å². The van der Waals surface area contributed by atoms with Gasteiger partial charge in [0.2, 0.25) is 0 Å². The van der Waals surface area contributed by atoms with E-state index >= 15 is 0 Å². The van der Waals surface area contributed by atoms with Crippen LogP contribution in [-0.2, 0) is 6.42 Å². The van der Waals surface area contributed by atoms with E-state index in [1.165, 1.54) is 5.56 Å². The molecule has 0 radical (unpaired) electrons. The van der Waals surface area contributed by atoms with E-state index in [4.69, 9.17) is 6.42 Å². The van der Waals surface area contributed by atoms with Crippen LogP contribution in [-0.4, -0.2) is 4.98 Å². The molecule has 1 heterocycles. The van der Waals surface area contributed by atoms with Crippen LogP contribution in [0.1, 0.15) is 11.3 Å². The van der Waals surface area contributed by atoms with Crippen molar-refractivity contribution < 1.29 is 0 Å². The molecule has 0 aliphatic carbocycles. The number of benzene rings is 1. The summed E-state index contributed by atoms with van der Waals surface area (Å²) < 4.78 is 0. The Bertz CT molecular complexity index is 506. The molecular weight excluding hydrogens is 170 g/mol. The van der Waals surface area contributed by atoms with E-state index in [0.717, 1.165) is 16.6 Å². The van der Waals surface area contributed by atoms with Gasteiger partial charge in [-0.2, -0.15) is 0 Å². The molecule has 0 amide bonds. The minimum Gasteiger partial charge on any atom is -0.253 e. The number of rotatable bonds is 1. The van der Waals surface area contributed by atoms with Crippen LogP contribution >= 0.6 is 0 Å². The van der Waals surface area contributed by atoms with Crippen molar-refractivity contribution in [1.82, 2.24) is 4.98 Å². The lowest BCUT2D eigenvalue weighted by atomic mass is 10.1. The first-order valence-corrected chi connectivity index (χ1v) is 4.59. The standard InChI is InChI=1S/C13H11N/c1-3-4-11-6-8-13-12(9-11)7-5-10(2)14-13/h1,5-9H,4H2,2H3. The molecule has 1 aromatic heterocycles. The fraction of sp³-hybridized carbons (Fsp3) is 0.154. The number of aryl methyl sites for hydroxylation is 1. The van der Waals surface area contributed by atoms with Crippen molar-refractivity contribution in [2.45, 2.75) is 13.3 Å². The Balaban J connectivity index is 2.57. The van der Waals surface area contributed by atoms with Gasteiger partial charge in [0.25, 0.3) is 0 Å². The van der Waals surface area contributed by atoms with Gasteiger partial charge in [-0.15, -0.1) is 12.3 Å². The quantitative estimate of drug-likeness (QED) is 0.616. The highest BCUT2D eigenvalue weighted by Crippen LogP contribution is 2.14. The zero-order valence-electron chi connectivity index (χ0n) is 8.12. The van der Waals surface area contributed by atoms with Gasteiger partial charge in [-0.3, -0.25) is 4.98 Å². The lowest BCUT2D eigenvalue weighted by Crippen LogP contribution is -1.85. The molecule has 0 fully saturated rings. The van der Waals surface area contributed by atoms with E-state index in [2.05, 4.69) is 23.0 Å². The van der Waals surface area contributed by atoms with Crippen LogP contribution in [0.2, 0.25) is 0 Å². The average molecular weight is 181 g/mol. The van der Waals surface area contributed by atoms with Gasteiger partial charge < -0.3 is 0 Å². The van der Waals surface area contributed by atoms with Crippen molar-refractivity contribution in [2.75, 3.05) is 0 Å². The molecule has 68 valence electrons. The van der Waals surface area contributed by atoms with Crippen LogP contribution in [0.4, 0.5) is 0 Å². The number of terminal acetylenes is 1. The average Bonchev–Trinajstić information content (AvgIpc) is 2.19. The zero-order chi connectivity index (χ0) is 9.97. The number of fused-ring (bicyclic) bond motifs is 1. The highest BCUT2D eigenvalue weighted by atomic mass is 14.7. The highest BCUT2D eigenvalue weighted by Gasteiger charge is 1.96. The van der Waals surface area contributed by atoms with E-state index in [-0.39, 0.29) is 0 Å². The summed E-state index contributed by atoms with van der Waals surface area (Å²) in [5.74, 6) is 2.64. The Labute approximate surface area is 83.8 Å². The Kier molecular flexibility index (Phi) is 2.20. The van der Waals surface area contributed by atoms with Crippen molar-refractivity contribution in [3.8, 4) is 12.3 Å². The molecule has 1 nitrogen and oxygen atoms in total. The molecule has 0 spiro atoms. The summed E-state index contributed by atoms with van der Waals surface area (Å²) in [7, 11) is 0. The fourth-order valence-corrected chi connectivity index (χ4v) is 1.50. The van der Waals surface area contributed by atoms with Crippen molar-refractivity contribution in [3.05, 3.63) is 41.6 Å². The van der Waals surface area contributed by atoms with Crippen molar-refractivity contribution >= 4 is 10.9 Å².